The lowest BCUT2D eigenvalue weighted by molar-refractivity contribution is 0.401. The third-order valence-corrected chi connectivity index (χ3v) is 9.59. The van der Waals surface area contributed by atoms with E-state index in [1.807, 2.05) is 97.9 Å². The third kappa shape index (κ3) is 6.80. The summed E-state index contributed by atoms with van der Waals surface area (Å²) in [5.74, 6) is -1.97. The molecule has 0 amide bonds. The van der Waals surface area contributed by atoms with E-state index in [2.05, 4.69) is 75.5 Å². The highest BCUT2D eigenvalue weighted by Crippen LogP contribution is 2.36. The second-order valence-corrected chi connectivity index (χ2v) is 13.2. The molecule has 0 unspecified atom stereocenters. The Labute approximate surface area is 326 Å². The summed E-state index contributed by atoms with van der Waals surface area (Å²) in [7, 11) is 12.2. The minimum atomic E-state index is -0.754. The predicted octanol–water partition coefficient (Wildman–Crippen LogP) is 8.13. The maximum absolute atomic E-state index is 11.1. The number of amidine groups is 2. The molecule has 8 nitrogen and oxygen atoms in total. The summed E-state index contributed by atoms with van der Waals surface area (Å²) in [6.07, 6.45) is 1.42. The van der Waals surface area contributed by atoms with Gasteiger partial charge in [0.25, 0.3) is 0 Å². The Morgan fingerprint density at radius 3 is 2.02 bits per heavy atom. The third-order valence-electron chi connectivity index (χ3n) is 9.59. The number of benzene rings is 7. The molecule has 7 aromatic carbocycles. The van der Waals surface area contributed by atoms with Crippen LogP contribution in [0.25, 0.3) is 38.6 Å². The van der Waals surface area contributed by atoms with Crippen molar-refractivity contribution in [2.75, 3.05) is 5.32 Å². The van der Waals surface area contributed by atoms with E-state index in [4.69, 9.17) is 25.7 Å². The normalized spacial score (nSPS) is 12.2. The van der Waals surface area contributed by atoms with Gasteiger partial charge in [0, 0.05) is 27.7 Å². The number of aryl methyl sites for hydroxylation is 1. The number of nitrogens with zero attached hydrogens (tertiary/aromatic N) is 4. The van der Waals surface area contributed by atoms with E-state index in [0.29, 0.717) is 11.3 Å². The van der Waals surface area contributed by atoms with E-state index in [1.165, 1.54) is 6.34 Å². The van der Waals surface area contributed by atoms with E-state index in [0.717, 1.165) is 49.9 Å². The van der Waals surface area contributed by atoms with Crippen molar-refractivity contribution in [3.8, 4) is 34.1 Å². The monoisotopic (exact) mass is 725 g/mol. The van der Waals surface area contributed by atoms with E-state index < -0.39 is 22.7 Å². The first-order valence-corrected chi connectivity index (χ1v) is 17.9. The standard InChI is InChI=1S/C46H33B2N5O3/c1-28-24-38-35(34-22-11-12-23-37(34)53(38)33-21-13-18-31(25-33)29-14-5-2-6-15-29)26-36(28)49-27-50-46(39-40(47)43(55)41(48)44(56)42(39)54)52-45(30-16-7-3-8-17-30)51-32-19-9-4-10-20-32/h2-27,54-56H,1H3,(H,49,50,51,52). The van der Waals surface area contributed by atoms with Crippen molar-refractivity contribution in [3.05, 3.63) is 168 Å². The number of nitrogens with one attached hydrogen (secondary N) is 1. The molecule has 1 aromatic heterocycles. The average molecular weight is 725 g/mol. The van der Waals surface area contributed by atoms with Gasteiger partial charge < -0.3 is 25.2 Å². The van der Waals surface area contributed by atoms with Crippen LogP contribution in [0.15, 0.2) is 167 Å². The summed E-state index contributed by atoms with van der Waals surface area (Å²) in [4.78, 5) is 14.2. The second-order valence-electron chi connectivity index (χ2n) is 13.2. The van der Waals surface area contributed by atoms with Crippen LogP contribution in [0.1, 0.15) is 16.7 Å². The van der Waals surface area contributed by atoms with Crippen LogP contribution in [0, 0.1) is 6.92 Å². The number of phenolic OH excluding ortho intramolecular Hbond substituents is 3. The minimum Gasteiger partial charge on any atom is -0.509 e. The van der Waals surface area contributed by atoms with Crippen molar-refractivity contribution in [1.29, 1.82) is 0 Å². The summed E-state index contributed by atoms with van der Waals surface area (Å²) in [6, 6.07) is 49.8. The Balaban J connectivity index is 1.24. The van der Waals surface area contributed by atoms with E-state index in [1.54, 1.807) is 0 Å². The highest BCUT2D eigenvalue weighted by Gasteiger charge is 2.23. The number of hydrogen-bond donors (Lipinski definition) is 4. The fraction of sp³-hybridized carbons (Fsp3) is 0.0217. The largest absolute Gasteiger partial charge is 0.509 e. The number of hydrogen-bond acceptors (Lipinski definition) is 4. The summed E-state index contributed by atoms with van der Waals surface area (Å²) in [6.45, 7) is 2.01. The number of fused-ring (bicyclic) bond motifs is 3. The SMILES string of the molecule is [B]c1c(O)c([B])c(C(N=CNc2cc3c4ccccc4n(-c4cccc(-c5ccccc5)c4)c3cc2C)=NC(=Nc2ccccc2)c2ccccc2)c(O)c1O. The van der Waals surface area contributed by atoms with Crippen LogP contribution in [-0.2, 0) is 0 Å². The second kappa shape index (κ2) is 15.2. The Kier molecular flexibility index (Phi) is 9.69. The lowest BCUT2D eigenvalue weighted by Gasteiger charge is -2.16. The maximum Gasteiger partial charge on any atom is 0.167 e. The molecular formula is C46H33B2N5O3. The molecule has 0 fully saturated rings. The van der Waals surface area contributed by atoms with Crippen molar-refractivity contribution in [2.45, 2.75) is 6.92 Å². The Morgan fingerprint density at radius 2 is 1.27 bits per heavy atom. The van der Waals surface area contributed by atoms with Crippen LogP contribution in [-0.4, -0.2) is 53.6 Å². The van der Waals surface area contributed by atoms with Crippen LogP contribution in [0.3, 0.4) is 0 Å². The number of aromatic nitrogens is 1. The van der Waals surface area contributed by atoms with Gasteiger partial charge in [0.05, 0.1) is 28.6 Å². The van der Waals surface area contributed by atoms with Gasteiger partial charge in [0.1, 0.15) is 21.4 Å². The molecule has 8 aromatic rings. The van der Waals surface area contributed by atoms with Gasteiger partial charge >= 0.3 is 0 Å². The van der Waals surface area contributed by atoms with E-state index in [-0.39, 0.29) is 22.7 Å². The number of para-hydroxylation sites is 2. The van der Waals surface area contributed by atoms with E-state index >= 15 is 0 Å². The molecule has 0 aliphatic rings. The van der Waals surface area contributed by atoms with Gasteiger partial charge in [-0.1, -0.05) is 109 Å². The Hall–Kier alpha value is -7.32. The number of rotatable bonds is 7. The predicted molar refractivity (Wildman–Crippen MR) is 231 cm³/mol. The molecule has 1 heterocycles. The van der Waals surface area contributed by atoms with Gasteiger partial charge in [0.15, 0.2) is 23.2 Å². The lowest BCUT2D eigenvalue weighted by Crippen LogP contribution is -2.24. The first-order chi connectivity index (χ1) is 27.3. The molecule has 4 N–H and O–H groups in total. The lowest BCUT2D eigenvalue weighted by atomic mass is 9.80. The van der Waals surface area contributed by atoms with Crippen LogP contribution in [0.5, 0.6) is 17.2 Å². The molecule has 10 heteroatoms. The van der Waals surface area contributed by atoms with Crippen LogP contribution in [0.2, 0.25) is 0 Å². The van der Waals surface area contributed by atoms with Crippen LogP contribution < -0.4 is 16.2 Å². The highest BCUT2D eigenvalue weighted by atomic mass is 16.3. The topological polar surface area (TPSA) is 115 Å². The van der Waals surface area contributed by atoms with Gasteiger partial charge in [-0.3, -0.25) is 0 Å². The number of anilines is 1. The minimum absolute atomic E-state index is 0.148. The summed E-state index contributed by atoms with van der Waals surface area (Å²) >= 11 is 0. The molecule has 0 atom stereocenters. The smallest absolute Gasteiger partial charge is 0.167 e. The number of aliphatic imine (C=N–C) groups is 3. The fourth-order valence-electron chi connectivity index (χ4n) is 6.76. The highest BCUT2D eigenvalue weighted by molar-refractivity contribution is 6.46. The molecule has 0 saturated heterocycles. The van der Waals surface area contributed by atoms with Gasteiger partial charge in [0.2, 0.25) is 0 Å². The van der Waals surface area contributed by atoms with Crippen molar-refractivity contribution in [2.24, 2.45) is 15.0 Å². The zero-order valence-electron chi connectivity index (χ0n) is 30.3. The number of aromatic hydroxyl groups is 3. The summed E-state index contributed by atoms with van der Waals surface area (Å²) < 4.78 is 2.27. The summed E-state index contributed by atoms with van der Waals surface area (Å²) in [5.41, 5.74) is 7.35. The Bertz CT molecular complexity index is 2810. The Morgan fingerprint density at radius 1 is 0.607 bits per heavy atom. The van der Waals surface area contributed by atoms with Crippen molar-refractivity contribution < 1.29 is 15.3 Å². The average Bonchev–Trinajstić information content (AvgIpc) is 3.55. The molecule has 0 saturated carbocycles. The van der Waals surface area contributed by atoms with Gasteiger partial charge in [-0.15, -0.1) is 0 Å². The molecule has 0 spiro atoms. The zero-order chi connectivity index (χ0) is 38.8. The molecule has 4 radical (unpaired) electrons. The summed E-state index contributed by atoms with van der Waals surface area (Å²) in [5, 5.41) is 37.9. The molecule has 0 bridgehead atoms. The number of phenols is 3. The first-order valence-electron chi connectivity index (χ1n) is 17.9. The molecule has 0 aliphatic heterocycles. The van der Waals surface area contributed by atoms with Gasteiger partial charge in [-0.25, -0.2) is 15.0 Å². The molecule has 56 heavy (non-hydrogen) atoms. The van der Waals surface area contributed by atoms with Gasteiger partial charge in [-0.2, -0.15) is 0 Å². The van der Waals surface area contributed by atoms with Crippen molar-refractivity contribution in [3.63, 3.8) is 0 Å². The maximum atomic E-state index is 11.1. The zero-order valence-corrected chi connectivity index (χ0v) is 30.3. The molecular weight excluding hydrogens is 692 g/mol. The quantitative estimate of drug-likeness (QED) is 0.0437. The van der Waals surface area contributed by atoms with Crippen LogP contribution >= 0.6 is 0 Å². The van der Waals surface area contributed by atoms with Crippen LogP contribution in [0.4, 0.5) is 11.4 Å². The molecule has 8 rings (SSSR count). The molecule has 266 valence electrons. The first kappa shape index (κ1) is 35.7. The van der Waals surface area contributed by atoms with Crippen molar-refractivity contribution in [1.82, 2.24) is 4.57 Å². The fourth-order valence-corrected chi connectivity index (χ4v) is 6.76. The van der Waals surface area contributed by atoms with Gasteiger partial charge in [-0.05, 0) is 77.0 Å². The van der Waals surface area contributed by atoms with E-state index in [9.17, 15) is 15.3 Å². The van der Waals surface area contributed by atoms with Crippen molar-refractivity contribution >= 4 is 77.8 Å². The molecule has 0 aliphatic carbocycles.